The lowest BCUT2D eigenvalue weighted by atomic mass is 9.60. The van der Waals surface area contributed by atoms with Gasteiger partial charge in [-0.05, 0) is 107 Å². The van der Waals surface area contributed by atoms with Crippen molar-refractivity contribution in [3.8, 4) is 0 Å². The molecule has 0 radical (unpaired) electrons. The third-order valence-electron chi connectivity index (χ3n) is 9.36. The van der Waals surface area contributed by atoms with Gasteiger partial charge in [0.15, 0.2) is 8.32 Å². The van der Waals surface area contributed by atoms with Crippen LogP contribution in [0.15, 0.2) is 11.6 Å². The lowest BCUT2D eigenvalue weighted by Gasteiger charge is -2.45. The SMILES string of the molecule is CCOC(=O)C=C1CCC[C@]2(C)[C@@H]([C@H](C)CC[C@@H](F)C(C)(C)O[Si](CC)(CC)CC)CC[C@@H]12. The van der Waals surface area contributed by atoms with Crippen LogP contribution in [0.4, 0.5) is 4.39 Å². The molecular weight excluding hydrogens is 431 g/mol. The van der Waals surface area contributed by atoms with Gasteiger partial charge in [-0.1, -0.05) is 40.2 Å². The van der Waals surface area contributed by atoms with E-state index in [-0.39, 0.29) is 11.4 Å². The van der Waals surface area contributed by atoms with E-state index in [1.165, 1.54) is 18.4 Å². The molecular formula is C28H51FO3Si. The number of esters is 1. The molecule has 0 aromatic carbocycles. The molecule has 0 amide bonds. The Morgan fingerprint density at radius 3 is 2.39 bits per heavy atom. The molecule has 2 aliphatic rings. The van der Waals surface area contributed by atoms with Gasteiger partial charge in [-0.15, -0.1) is 0 Å². The number of alkyl halides is 1. The molecule has 0 aliphatic heterocycles. The Labute approximate surface area is 204 Å². The van der Waals surface area contributed by atoms with Crippen molar-refractivity contribution in [2.24, 2.45) is 23.2 Å². The Hall–Kier alpha value is -0.683. The van der Waals surface area contributed by atoms with Crippen LogP contribution < -0.4 is 0 Å². The molecule has 0 heterocycles. The molecule has 5 atom stereocenters. The molecule has 0 unspecified atom stereocenters. The van der Waals surface area contributed by atoms with Gasteiger partial charge in [-0.2, -0.15) is 0 Å². The summed E-state index contributed by atoms with van der Waals surface area (Å²) in [7, 11) is -1.84. The molecule has 0 aromatic heterocycles. The van der Waals surface area contributed by atoms with E-state index in [4.69, 9.17) is 9.16 Å². The highest BCUT2D eigenvalue weighted by molar-refractivity contribution is 6.73. The Bertz CT molecular complexity index is 664. The summed E-state index contributed by atoms with van der Waals surface area (Å²) in [5.41, 5.74) is 0.786. The maximum absolute atomic E-state index is 15.5. The first-order chi connectivity index (χ1) is 15.5. The van der Waals surface area contributed by atoms with Crippen LogP contribution in [-0.4, -0.2) is 32.7 Å². The van der Waals surface area contributed by atoms with Crippen LogP contribution in [0, 0.1) is 23.2 Å². The number of allylic oxidation sites excluding steroid dienone is 1. The van der Waals surface area contributed by atoms with E-state index in [1.54, 1.807) is 6.08 Å². The summed E-state index contributed by atoms with van der Waals surface area (Å²) in [6.45, 7) is 17.6. The second kappa shape index (κ2) is 11.8. The number of fused-ring (bicyclic) bond motifs is 1. The fourth-order valence-corrected chi connectivity index (χ4v) is 10.2. The first kappa shape index (κ1) is 28.6. The van der Waals surface area contributed by atoms with Crippen molar-refractivity contribution in [2.45, 2.75) is 130 Å². The monoisotopic (exact) mass is 482 g/mol. The summed E-state index contributed by atoms with van der Waals surface area (Å²) in [5, 5.41) is 0. The van der Waals surface area contributed by atoms with Gasteiger partial charge in [0, 0.05) is 6.08 Å². The second-order valence-electron chi connectivity index (χ2n) is 11.5. The summed E-state index contributed by atoms with van der Waals surface area (Å²) < 4.78 is 27.3. The molecule has 192 valence electrons. The van der Waals surface area contributed by atoms with Gasteiger partial charge in [0.25, 0.3) is 0 Å². The van der Waals surface area contributed by atoms with Gasteiger partial charge in [-0.25, -0.2) is 9.18 Å². The quantitative estimate of drug-likeness (QED) is 0.160. The zero-order valence-electron chi connectivity index (χ0n) is 22.8. The predicted octanol–water partition coefficient (Wildman–Crippen LogP) is 8.25. The Balaban J connectivity index is 2.03. The van der Waals surface area contributed by atoms with Gasteiger partial charge in [0.1, 0.15) is 6.17 Å². The number of carbonyl (C=O) groups is 1. The molecule has 33 heavy (non-hydrogen) atoms. The van der Waals surface area contributed by atoms with Crippen molar-refractivity contribution in [3.05, 3.63) is 11.6 Å². The molecule has 3 nitrogen and oxygen atoms in total. The van der Waals surface area contributed by atoms with E-state index in [0.29, 0.717) is 30.8 Å². The predicted molar refractivity (Wildman–Crippen MR) is 139 cm³/mol. The van der Waals surface area contributed by atoms with Gasteiger partial charge in [0.2, 0.25) is 0 Å². The second-order valence-corrected chi connectivity index (χ2v) is 16.2. The topological polar surface area (TPSA) is 35.5 Å². The van der Waals surface area contributed by atoms with Crippen LogP contribution in [0.25, 0.3) is 0 Å². The molecule has 0 spiro atoms. The lowest BCUT2D eigenvalue weighted by molar-refractivity contribution is -0.137. The van der Waals surface area contributed by atoms with E-state index in [9.17, 15) is 4.79 Å². The van der Waals surface area contributed by atoms with E-state index < -0.39 is 20.1 Å². The zero-order chi connectivity index (χ0) is 24.9. The van der Waals surface area contributed by atoms with E-state index >= 15 is 4.39 Å². The smallest absolute Gasteiger partial charge is 0.330 e. The summed E-state index contributed by atoms with van der Waals surface area (Å²) in [6.07, 6.45) is 7.97. The molecule has 2 rings (SSSR count). The number of rotatable bonds is 12. The average Bonchev–Trinajstić information content (AvgIpc) is 3.13. The summed E-state index contributed by atoms with van der Waals surface area (Å²) >= 11 is 0. The Morgan fingerprint density at radius 2 is 1.82 bits per heavy atom. The zero-order valence-corrected chi connectivity index (χ0v) is 23.8. The van der Waals surface area contributed by atoms with Crippen molar-refractivity contribution < 1.29 is 18.3 Å². The lowest BCUT2D eigenvalue weighted by Crippen LogP contribution is -2.49. The van der Waals surface area contributed by atoms with Gasteiger partial charge < -0.3 is 9.16 Å². The minimum Gasteiger partial charge on any atom is -0.463 e. The van der Waals surface area contributed by atoms with Crippen LogP contribution in [0.1, 0.15) is 100 Å². The summed E-state index contributed by atoms with van der Waals surface area (Å²) in [6, 6.07) is 3.15. The minimum atomic E-state index is -1.84. The minimum absolute atomic E-state index is 0.193. The van der Waals surface area contributed by atoms with Crippen molar-refractivity contribution in [1.82, 2.24) is 0 Å². The fraction of sp³-hybridized carbons (Fsp3) is 0.893. The number of hydrogen-bond acceptors (Lipinski definition) is 3. The molecule has 0 N–H and O–H groups in total. The molecule has 0 saturated heterocycles. The van der Waals surface area contributed by atoms with E-state index in [0.717, 1.165) is 43.8 Å². The van der Waals surface area contributed by atoms with Gasteiger partial charge >= 0.3 is 5.97 Å². The van der Waals surface area contributed by atoms with Gasteiger partial charge in [0.05, 0.1) is 12.2 Å². The summed E-state index contributed by atoms with van der Waals surface area (Å²) in [4.78, 5) is 12.1. The average molecular weight is 483 g/mol. The van der Waals surface area contributed by atoms with E-state index in [2.05, 4.69) is 34.6 Å². The molecule has 5 heteroatoms. The van der Waals surface area contributed by atoms with Crippen LogP contribution in [0.2, 0.25) is 18.1 Å². The molecule has 0 aromatic rings. The number of halogens is 1. The largest absolute Gasteiger partial charge is 0.463 e. The number of ether oxygens (including phenoxy) is 1. The van der Waals surface area contributed by atoms with Crippen molar-refractivity contribution in [3.63, 3.8) is 0 Å². The van der Waals surface area contributed by atoms with Crippen LogP contribution >= 0.6 is 0 Å². The standard InChI is InChI=1S/C28H51FO3Si/c1-9-31-26(30)20-22-14-13-19-28(8)23(16-17-24(22)28)21(5)15-18-25(29)27(6,7)32-33(10-2,11-3)12-4/h20-21,23-25H,9-19H2,1-8H3/t21-,23-,24+,25-,28-/m1/s1. The van der Waals surface area contributed by atoms with Crippen LogP contribution in [-0.2, 0) is 14.0 Å². The van der Waals surface area contributed by atoms with Crippen LogP contribution in [0.5, 0.6) is 0 Å². The first-order valence-corrected chi connectivity index (χ1v) is 16.2. The summed E-state index contributed by atoms with van der Waals surface area (Å²) in [5.74, 6) is 1.33. The molecule has 2 fully saturated rings. The normalized spacial score (nSPS) is 29.1. The molecule has 2 saturated carbocycles. The van der Waals surface area contributed by atoms with Crippen molar-refractivity contribution >= 4 is 14.3 Å². The van der Waals surface area contributed by atoms with Gasteiger partial charge in [-0.3, -0.25) is 0 Å². The molecule has 2 aliphatic carbocycles. The highest BCUT2D eigenvalue weighted by atomic mass is 28.4. The number of hydrogen-bond donors (Lipinski definition) is 0. The maximum Gasteiger partial charge on any atom is 0.330 e. The maximum atomic E-state index is 15.5. The highest BCUT2D eigenvalue weighted by Gasteiger charge is 2.51. The Morgan fingerprint density at radius 1 is 1.18 bits per heavy atom. The van der Waals surface area contributed by atoms with Crippen molar-refractivity contribution in [1.29, 1.82) is 0 Å². The van der Waals surface area contributed by atoms with E-state index in [1.807, 2.05) is 20.8 Å². The fourth-order valence-electron chi connectivity index (χ4n) is 7.07. The third kappa shape index (κ3) is 6.51. The first-order valence-electron chi connectivity index (χ1n) is 13.7. The third-order valence-corrected chi connectivity index (χ3v) is 14.2. The number of carbonyl (C=O) groups excluding carboxylic acids is 1. The highest BCUT2D eigenvalue weighted by Crippen LogP contribution is 2.60. The van der Waals surface area contributed by atoms with Crippen LogP contribution in [0.3, 0.4) is 0 Å². The molecule has 0 bridgehead atoms. The van der Waals surface area contributed by atoms with Crippen molar-refractivity contribution in [2.75, 3.05) is 6.61 Å². The Kier molecular flexibility index (Phi) is 10.2.